The van der Waals surface area contributed by atoms with E-state index in [-0.39, 0.29) is 13.2 Å². The minimum absolute atomic E-state index is 0.104. The normalized spacial score (nSPS) is 11.1. The summed E-state index contributed by atoms with van der Waals surface area (Å²) in [5.41, 5.74) is 1.29. The van der Waals surface area contributed by atoms with Crippen molar-refractivity contribution >= 4 is 17.7 Å². The molecule has 112 valence electrons. The van der Waals surface area contributed by atoms with Crippen molar-refractivity contribution in [1.82, 2.24) is 5.32 Å². The molecule has 0 heterocycles. The van der Waals surface area contributed by atoms with E-state index in [1.807, 2.05) is 0 Å². The predicted molar refractivity (Wildman–Crippen MR) is 78.8 cm³/mol. The summed E-state index contributed by atoms with van der Waals surface area (Å²) in [6.07, 6.45) is 1.44. The maximum Gasteiger partial charge on any atom is 0.325 e. The number of ether oxygens (including phenoxy) is 1. The topological polar surface area (TPSA) is 96.9 Å². The lowest BCUT2D eigenvalue weighted by Gasteiger charge is -2.08. The monoisotopic (exact) mass is 291 g/mol. The summed E-state index contributed by atoms with van der Waals surface area (Å²) in [7, 11) is 0. The van der Waals surface area contributed by atoms with Gasteiger partial charge < -0.3 is 15.4 Å². The first-order valence-electron chi connectivity index (χ1n) is 6.30. The molecule has 2 N–H and O–H groups in total. The van der Waals surface area contributed by atoms with Gasteiger partial charge in [0.1, 0.15) is 19.2 Å². The molecule has 0 spiro atoms. The Kier molecular flexibility index (Phi) is 6.59. The molecular weight excluding hydrogens is 274 g/mol. The van der Waals surface area contributed by atoms with Crippen LogP contribution < -0.4 is 10.6 Å². The Labute approximate surface area is 122 Å². The van der Waals surface area contributed by atoms with Crippen LogP contribution in [0.1, 0.15) is 18.5 Å². The van der Waals surface area contributed by atoms with Gasteiger partial charge in [-0.15, -0.1) is 0 Å². The SMILES string of the molecule is C=CCOC(=O)CNC(=O)Nc1ccc(C(C)N=O)cc1. The Bertz CT molecular complexity index is 513. The van der Waals surface area contributed by atoms with Crippen LogP contribution in [0.25, 0.3) is 0 Å². The van der Waals surface area contributed by atoms with Crippen molar-refractivity contribution in [1.29, 1.82) is 0 Å². The third kappa shape index (κ3) is 5.85. The molecule has 0 saturated heterocycles. The van der Waals surface area contributed by atoms with E-state index in [0.717, 1.165) is 5.56 Å². The largest absolute Gasteiger partial charge is 0.460 e. The number of rotatable bonds is 7. The van der Waals surface area contributed by atoms with Crippen molar-refractivity contribution in [3.05, 3.63) is 47.4 Å². The van der Waals surface area contributed by atoms with E-state index in [1.165, 1.54) is 6.08 Å². The molecule has 0 aliphatic carbocycles. The summed E-state index contributed by atoms with van der Waals surface area (Å²) in [5.74, 6) is -0.550. The number of benzene rings is 1. The molecular formula is C14H17N3O4. The Morgan fingerprint density at radius 1 is 1.38 bits per heavy atom. The molecule has 7 nitrogen and oxygen atoms in total. The number of hydrogen-bond donors (Lipinski definition) is 2. The number of nitrogens with one attached hydrogen (secondary N) is 2. The molecule has 0 fully saturated rings. The Hall–Kier alpha value is -2.70. The molecule has 7 heteroatoms. The molecule has 0 saturated carbocycles. The van der Waals surface area contributed by atoms with Gasteiger partial charge in [0.2, 0.25) is 0 Å². The van der Waals surface area contributed by atoms with Crippen molar-refractivity contribution < 1.29 is 14.3 Å². The van der Waals surface area contributed by atoms with Crippen LogP contribution >= 0.6 is 0 Å². The number of esters is 1. The van der Waals surface area contributed by atoms with Crippen molar-refractivity contribution in [3.63, 3.8) is 0 Å². The number of nitrogens with zero attached hydrogens (tertiary/aromatic N) is 1. The van der Waals surface area contributed by atoms with E-state index in [9.17, 15) is 14.5 Å². The average molecular weight is 291 g/mol. The summed E-state index contributed by atoms with van der Waals surface area (Å²) in [6, 6.07) is 5.71. The fraction of sp³-hybridized carbons (Fsp3) is 0.286. The highest BCUT2D eigenvalue weighted by molar-refractivity contribution is 5.91. The maximum atomic E-state index is 11.5. The van der Waals surface area contributed by atoms with E-state index in [2.05, 4.69) is 22.4 Å². The minimum atomic E-state index is -0.550. The van der Waals surface area contributed by atoms with E-state index in [0.29, 0.717) is 5.69 Å². The van der Waals surface area contributed by atoms with Crippen molar-refractivity contribution in [2.45, 2.75) is 13.0 Å². The third-order valence-electron chi connectivity index (χ3n) is 2.56. The van der Waals surface area contributed by atoms with Gasteiger partial charge in [-0.2, -0.15) is 4.91 Å². The van der Waals surface area contributed by atoms with Gasteiger partial charge in [0.05, 0.1) is 0 Å². The smallest absolute Gasteiger partial charge is 0.325 e. The molecule has 0 aromatic heterocycles. The zero-order chi connectivity index (χ0) is 15.7. The minimum Gasteiger partial charge on any atom is -0.460 e. The number of amides is 2. The summed E-state index contributed by atoms with van der Waals surface area (Å²) in [5, 5.41) is 7.83. The second kappa shape index (κ2) is 8.47. The van der Waals surface area contributed by atoms with Gasteiger partial charge in [-0.05, 0) is 24.6 Å². The van der Waals surface area contributed by atoms with E-state index >= 15 is 0 Å². The van der Waals surface area contributed by atoms with Crippen LogP contribution in [0.15, 0.2) is 42.1 Å². The standard InChI is InChI=1S/C14H17N3O4/c1-3-8-21-13(18)9-15-14(19)16-12-6-4-11(5-7-12)10(2)17-20/h3-7,10H,1,8-9H2,2H3,(H2,15,16,19). The Morgan fingerprint density at radius 2 is 2.05 bits per heavy atom. The number of carbonyl (C=O) groups excluding carboxylic acids is 2. The summed E-state index contributed by atoms with van der Waals surface area (Å²) in [6.45, 7) is 4.96. The fourth-order valence-corrected chi connectivity index (χ4v) is 1.44. The fourth-order valence-electron chi connectivity index (χ4n) is 1.44. The molecule has 1 rings (SSSR count). The molecule has 0 aliphatic heterocycles. The summed E-state index contributed by atoms with van der Waals surface area (Å²) >= 11 is 0. The van der Waals surface area contributed by atoms with Crippen LogP contribution in [0, 0.1) is 4.91 Å². The maximum absolute atomic E-state index is 11.5. The highest BCUT2D eigenvalue weighted by Gasteiger charge is 2.07. The second-order valence-electron chi connectivity index (χ2n) is 4.18. The van der Waals surface area contributed by atoms with Crippen LogP contribution in [0.2, 0.25) is 0 Å². The van der Waals surface area contributed by atoms with Crippen LogP contribution in [-0.4, -0.2) is 25.2 Å². The quantitative estimate of drug-likeness (QED) is 0.458. The molecule has 1 unspecified atom stereocenters. The lowest BCUT2D eigenvalue weighted by Crippen LogP contribution is -2.34. The summed E-state index contributed by atoms with van der Waals surface area (Å²) < 4.78 is 4.71. The van der Waals surface area contributed by atoms with Gasteiger partial charge in [-0.1, -0.05) is 30.0 Å². The van der Waals surface area contributed by atoms with Gasteiger partial charge >= 0.3 is 12.0 Å². The van der Waals surface area contributed by atoms with E-state index < -0.39 is 18.0 Å². The van der Waals surface area contributed by atoms with E-state index in [4.69, 9.17) is 4.74 Å². The molecule has 1 atom stereocenters. The molecule has 1 aromatic carbocycles. The first kappa shape index (κ1) is 16.4. The van der Waals surface area contributed by atoms with Gasteiger partial charge in [0.25, 0.3) is 0 Å². The number of nitroso groups, excluding NO2 is 1. The number of carbonyl (C=O) groups is 2. The molecule has 0 radical (unpaired) electrons. The molecule has 21 heavy (non-hydrogen) atoms. The highest BCUT2D eigenvalue weighted by atomic mass is 16.5. The van der Waals surface area contributed by atoms with Gasteiger partial charge in [0.15, 0.2) is 0 Å². The Balaban J connectivity index is 2.42. The van der Waals surface area contributed by atoms with Crippen molar-refractivity contribution in [2.75, 3.05) is 18.5 Å². The molecule has 1 aromatic rings. The van der Waals surface area contributed by atoms with Crippen LogP contribution in [0.3, 0.4) is 0 Å². The van der Waals surface area contributed by atoms with Crippen molar-refractivity contribution in [2.24, 2.45) is 5.18 Å². The molecule has 0 bridgehead atoms. The first-order valence-corrected chi connectivity index (χ1v) is 6.30. The van der Waals surface area contributed by atoms with E-state index in [1.54, 1.807) is 31.2 Å². The van der Waals surface area contributed by atoms with Crippen LogP contribution in [0.5, 0.6) is 0 Å². The van der Waals surface area contributed by atoms with Gasteiger partial charge in [0, 0.05) is 5.69 Å². The number of anilines is 1. The first-order chi connectivity index (χ1) is 10.1. The zero-order valence-corrected chi connectivity index (χ0v) is 11.7. The van der Waals surface area contributed by atoms with Crippen LogP contribution in [0.4, 0.5) is 10.5 Å². The number of hydrogen-bond acceptors (Lipinski definition) is 5. The zero-order valence-electron chi connectivity index (χ0n) is 11.7. The lowest BCUT2D eigenvalue weighted by atomic mass is 10.1. The second-order valence-corrected chi connectivity index (χ2v) is 4.18. The highest BCUT2D eigenvalue weighted by Crippen LogP contribution is 2.18. The predicted octanol–water partition coefficient (Wildman–Crippen LogP) is 2.36. The average Bonchev–Trinajstić information content (AvgIpc) is 2.50. The van der Waals surface area contributed by atoms with Gasteiger partial charge in [-0.25, -0.2) is 4.79 Å². The molecule has 0 aliphatic rings. The third-order valence-corrected chi connectivity index (χ3v) is 2.56. The van der Waals surface area contributed by atoms with Crippen LogP contribution in [-0.2, 0) is 9.53 Å². The lowest BCUT2D eigenvalue weighted by molar-refractivity contribution is -0.141. The number of urea groups is 1. The van der Waals surface area contributed by atoms with Crippen molar-refractivity contribution in [3.8, 4) is 0 Å². The molecule has 2 amide bonds. The van der Waals surface area contributed by atoms with Gasteiger partial charge in [-0.3, -0.25) is 4.79 Å². The Morgan fingerprint density at radius 3 is 2.62 bits per heavy atom. The summed E-state index contributed by atoms with van der Waals surface area (Å²) in [4.78, 5) is 33.1.